The van der Waals surface area contributed by atoms with Gasteiger partial charge in [0.05, 0.1) is 12.2 Å². The Morgan fingerprint density at radius 2 is 1.86 bits per heavy atom. The van der Waals surface area contributed by atoms with E-state index in [1.54, 1.807) is 11.1 Å². The minimum Gasteiger partial charge on any atom is -0.371 e. The second-order valence-corrected chi connectivity index (χ2v) is 11.8. The van der Waals surface area contributed by atoms with Crippen LogP contribution in [0.25, 0.3) is 0 Å². The average Bonchev–Trinajstić information content (AvgIpc) is 1.92. The van der Waals surface area contributed by atoms with Crippen LogP contribution in [0.4, 0.5) is 0 Å². The summed E-state index contributed by atoms with van der Waals surface area (Å²) in [7, 11) is -0.971. The van der Waals surface area contributed by atoms with Crippen molar-refractivity contribution < 1.29 is 4.74 Å². The standard InChI is InChI=1S/C12H24OSi/c1-10-7-12(2,3)13-8-11(10)9-14(4,5)6/h7-9H2,1-6H3. The molecule has 0 fully saturated rings. The molecule has 1 aliphatic rings. The molecule has 1 aliphatic heterocycles. The SMILES string of the molecule is CC1=C(C[Si](C)(C)C)COC(C)(C)C1. The van der Waals surface area contributed by atoms with Crippen LogP contribution in [-0.4, -0.2) is 20.3 Å². The van der Waals surface area contributed by atoms with Gasteiger partial charge in [-0.15, -0.1) is 0 Å². The van der Waals surface area contributed by atoms with E-state index in [0.29, 0.717) is 0 Å². The zero-order chi connectivity index (χ0) is 11.0. The van der Waals surface area contributed by atoms with Crippen molar-refractivity contribution >= 4 is 8.07 Å². The first kappa shape index (κ1) is 12.0. The molecule has 0 N–H and O–H groups in total. The van der Waals surface area contributed by atoms with Crippen LogP contribution in [-0.2, 0) is 4.74 Å². The van der Waals surface area contributed by atoms with Gasteiger partial charge in [0.1, 0.15) is 0 Å². The summed E-state index contributed by atoms with van der Waals surface area (Å²) in [5.41, 5.74) is 3.21. The van der Waals surface area contributed by atoms with Crippen LogP contribution in [0.15, 0.2) is 11.1 Å². The third-order valence-electron chi connectivity index (χ3n) is 2.68. The topological polar surface area (TPSA) is 9.23 Å². The molecule has 0 spiro atoms. The summed E-state index contributed by atoms with van der Waals surface area (Å²) in [6, 6.07) is 1.30. The smallest absolute Gasteiger partial charge is 0.0684 e. The number of hydrogen-bond acceptors (Lipinski definition) is 1. The van der Waals surface area contributed by atoms with Gasteiger partial charge in [0, 0.05) is 8.07 Å². The van der Waals surface area contributed by atoms with Crippen molar-refractivity contribution in [2.75, 3.05) is 6.61 Å². The Bertz CT molecular complexity index is 246. The Kier molecular flexibility index (Phi) is 3.27. The van der Waals surface area contributed by atoms with Gasteiger partial charge in [0.15, 0.2) is 0 Å². The molecule has 0 bridgehead atoms. The van der Waals surface area contributed by atoms with Crippen LogP contribution in [0.2, 0.25) is 25.7 Å². The van der Waals surface area contributed by atoms with Gasteiger partial charge >= 0.3 is 0 Å². The highest BCUT2D eigenvalue weighted by atomic mass is 28.3. The molecule has 0 saturated carbocycles. The third kappa shape index (κ3) is 3.58. The highest BCUT2D eigenvalue weighted by molar-refractivity contribution is 6.76. The normalized spacial score (nSPS) is 22.7. The Labute approximate surface area is 89.6 Å². The van der Waals surface area contributed by atoms with Crippen molar-refractivity contribution in [3.63, 3.8) is 0 Å². The maximum atomic E-state index is 5.86. The van der Waals surface area contributed by atoms with Crippen molar-refractivity contribution in [1.29, 1.82) is 0 Å². The van der Waals surface area contributed by atoms with E-state index in [4.69, 9.17) is 4.74 Å². The van der Waals surface area contributed by atoms with Crippen molar-refractivity contribution in [2.45, 2.75) is 58.5 Å². The predicted molar refractivity (Wildman–Crippen MR) is 65.5 cm³/mol. The fourth-order valence-electron chi connectivity index (χ4n) is 2.06. The van der Waals surface area contributed by atoms with Gasteiger partial charge in [-0.05, 0) is 38.8 Å². The Balaban J connectivity index is 2.72. The molecule has 1 rings (SSSR count). The molecule has 0 unspecified atom stereocenters. The van der Waals surface area contributed by atoms with Gasteiger partial charge in [0.2, 0.25) is 0 Å². The Morgan fingerprint density at radius 3 is 2.29 bits per heavy atom. The minimum atomic E-state index is -0.971. The zero-order valence-electron chi connectivity index (χ0n) is 10.5. The molecule has 14 heavy (non-hydrogen) atoms. The van der Waals surface area contributed by atoms with Crippen LogP contribution in [0, 0.1) is 0 Å². The van der Waals surface area contributed by atoms with E-state index in [0.717, 1.165) is 13.0 Å². The molecule has 0 amide bonds. The van der Waals surface area contributed by atoms with Gasteiger partial charge in [-0.1, -0.05) is 25.2 Å². The number of rotatable bonds is 2. The van der Waals surface area contributed by atoms with Crippen LogP contribution in [0.5, 0.6) is 0 Å². The van der Waals surface area contributed by atoms with Crippen molar-refractivity contribution in [3.8, 4) is 0 Å². The summed E-state index contributed by atoms with van der Waals surface area (Å²) in [4.78, 5) is 0. The summed E-state index contributed by atoms with van der Waals surface area (Å²) in [5, 5.41) is 0. The first-order valence-corrected chi connectivity index (χ1v) is 9.22. The van der Waals surface area contributed by atoms with Gasteiger partial charge < -0.3 is 4.74 Å². The highest BCUT2D eigenvalue weighted by Crippen LogP contribution is 2.32. The Hall–Kier alpha value is -0.0831. The van der Waals surface area contributed by atoms with Crippen LogP contribution >= 0.6 is 0 Å². The van der Waals surface area contributed by atoms with E-state index in [-0.39, 0.29) is 5.60 Å². The summed E-state index contributed by atoms with van der Waals surface area (Å²) in [6.07, 6.45) is 1.10. The van der Waals surface area contributed by atoms with Crippen LogP contribution in [0.3, 0.4) is 0 Å². The van der Waals surface area contributed by atoms with E-state index < -0.39 is 8.07 Å². The van der Waals surface area contributed by atoms with E-state index in [1.165, 1.54) is 6.04 Å². The molecule has 0 aromatic rings. The molecule has 0 aromatic carbocycles. The van der Waals surface area contributed by atoms with Gasteiger partial charge in [-0.2, -0.15) is 0 Å². The molecule has 82 valence electrons. The zero-order valence-corrected chi connectivity index (χ0v) is 11.5. The van der Waals surface area contributed by atoms with E-state index >= 15 is 0 Å². The molecule has 0 aliphatic carbocycles. The third-order valence-corrected chi connectivity index (χ3v) is 4.16. The summed E-state index contributed by atoms with van der Waals surface area (Å²) in [5.74, 6) is 0. The lowest BCUT2D eigenvalue weighted by Crippen LogP contribution is -2.32. The van der Waals surface area contributed by atoms with Crippen LogP contribution in [0.1, 0.15) is 27.2 Å². The second-order valence-electron chi connectivity index (χ2n) is 6.35. The summed E-state index contributed by atoms with van der Waals surface area (Å²) < 4.78 is 5.86. The quantitative estimate of drug-likeness (QED) is 0.499. The Morgan fingerprint density at radius 1 is 1.29 bits per heavy atom. The molecule has 0 radical (unpaired) electrons. The van der Waals surface area contributed by atoms with Crippen molar-refractivity contribution in [2.24, 2.45) is 0 Å². The molecule has 0 saturated heterocycles. The van der Waals surface area contributed by atoms with Crippen LogP contribution < -0.4 is 0 Å². The van der Waals surface area contributed by atoms with Gasteiger partial charge in [-0.3, -0.25) is 0 Å². The monoisotopic (exact) mass is 212 g/mol. The average molecular weight is 212 g/mol. The van der Waals surface area contributed by atoms with Crippen molar-refractivity contribution in [3.05, 3.63) is 11.1 Å². The molecule has 0 atom stereocenters. The molecular formula is C12H24OSi. The molecule has 1 heterocycles. The first-order chi connectivity index (χ1) is 6.20. The van der Waals surface area contributed by atoms with Gasteiger partial charge in [-0.25, -0.2) is 0 Å². The predicted octanol–water partition coefficient (Wildman–Crippen LogP) is 3.84. The van der Waals surface area contributed by atoms with E-state index in [1.807, 2.05) is 0 Å². The van der Waals surface area contributed by atoms with Crippen molar-refractivity contribution in [1.82, 2.24) is 0 Å². The maximum absolute atomic E-state index is 5.86. The fourth-order valence-corrected chi connectivity index (χ4v) is 3.75. The highest BCUT2D eigenvalue weighted by Gasteiger charge is 2.27. The lowest BCUT2D eigenvalue weighted by Gasteiger charge is -2.34. The lowest BCUT2D eigenvalue weighted by atomic mass is 9.93. The maximum Gasteiger partial charge on any atom is 0.0684 e. The lowest BCUT2D eigenvalue weighted by molar-refractivity contribution is -0.0143. The van der Waals surface area contributed by atoms with E-state index in [2.05, 4.69) is 40.4 Å². The number of hydrogen-bond donors (Lipinski definition) is 0. The molecule has 2 heteroatoms. The summed E-state index contributed by atoms with van der Waals surface area (Å²) in [6.45, 7) is 14.8. The minimum absolute atomic E-state index is 0.0625. The van der Waals surface area contributed by atoms with E-state index in [9.17, 15) is 0 Å². The number of ether oxygens (including phenoxy) is 1. The first-order valence-electron chi connectivity index (χ1n) is 5.51. The molecule has 0 aromatic heterocycles. The largest absolute Gasteiger partial charge is 0.371 e. The second kappa shape index (κ2) is 3.82. The van der Waals surface area contributed by atoms with Gasteiger partial charge in [0.25, 0.3) is 0 Å². The molecular weight excluding hydrogens is 188 g/mol. The molecule has 1 nitrogen and oxygen atoms in total. The summed E-state index contributed by atoms with van der Waals surface area (Å²) >= 11 is 0. The fraction of sp³-hybridized carbons (Fsp3) is 0.833.